The van der Waals surface area contributed by atoms with Crippen molar-refractivity contribution in [3.8, 4) is 0 Å². The average Bonchev–Trinajstić information content (AvgIpc) is 2.38. The molecule has 0 N–H and O–H groups in total. The van der Waals surface area contributed by atoms with Crippen LogP contribution in [0.25, 0.3) is 0 Å². The fourth-order valence-corrected chi connectivity index (χ4v) is 3.77. The summed E-state index contributed by atoms with van der Waals surface area (Å²) in [5.41, 5.74) is 0.651. The van der Waals surface area contributed by atoms with Gasteiger partial charge in [-0.05, 0) is 32.5 Å². The monoisotopic (exact) mass is 267 g/mol. The van der Waals surface area contributed by atoms with Crippen LogP contribution in [0.3, 0.4) is 0 Å². The summed E-state index contributed by atoms with van der Waals surface area (Å²) in [6.07, 6.45) is 0. The van der Waals surface area contributed by atoms with Crippen molar-refractivity contribution in [3.63, 3.8) is 0 Å². The lowest BCUT2D eigenvalue weighted by molar-refractivity contribution is 0.0753. The Kier molecular flexibility index (Phi) is 5.52. The van der Waals surface area contributed by atoms with Crippen molar-refractivity contribution >= 4 is 14.6 Å². The molecule has 4 nitrogen and oxygen atoms in total. The van der Waals surface area contributed by atoms with Gasteiger partial charge in [-0.25, -0.2) is 0 Å². The number of rotatable bonds is 6. The minimum atomic E-state index is -2.61. The van der Waals surface area contributed by atoms with Crippen molar-refractivity contribution < 1.29 is 13.6 Å². The summed E-state index contributed by atoms with van der Waals surface area (Å²) >= 11 is 0. The first-order valence-corrected chi connectivity index (χ1v) is 8.42. The molecule has 0 saturated heterocycles. The van der Waals surface area contributed by atoms with Crippen LogP contribution in [0.1, 0.15) is 24.2 Å². The average molecular weight is 267 g/mol. The molecule has 0 atom stereocenters. The number of benzene rings is 1. The number of amides is 1. The third kappa shape index (κ3) is 3.41. The summed E-state index contributed by atoms with van der Waals surface area (Å²) in [7, 11) is -0.872. The quantitative estimate of drug-likeness (QED) is 0.743. The number of hydrogen-bond acceptors (Lipinski definition) is 3. The maximum absolute atomic E-state index is 12.3. The summed E-state index contributed by atoms with van der Waals surface area (Å²) < 4.78 is 13.0. The maximum Gasteiger partial charge on any atom is 0.458 e. The molecule has 0 aliphatic carbocycles. The van der Waals surface area contributed by atoms with Gasteiger partial charge in [0.2, 0.25) is 5.91 Å². The van der Waals surface area contributed by atoms with E-state index < -0.39 is 8.72 Å². The van der Waals surface area contributed by atoms with E-state index in [-0.39, 0.29) is 5.91 Å². The number of hydrogen-bond donors (Lipinski definition) is 0. The van der Waals surface area contributed by atoms with E-state index in [2.05, 4.69) is 0 Å². The van der Waals surface area contributed by atoms with E-state index in [9.17, 15) is 4.79 Å². The molecule has 0 fully saturated rings. The Labute approximate surface area is 110 Å². The van der Waals surface area contributed by atoms with Crippen molar-refractivity contribution in [1.29, 1.82) is 0 Å². The minimum absolute atomic E-state index is 0.0633. The van der Waals surface area contributed by atoms with Gasteiger partial charge < -0.3 is 13.4 Å². The van der Waals surface area contributed by atoms with Crippen LogP contribution in [0.15, 0.2) is 30.3 Å². The first kappa shape index (κ1) is 14.9. The molecule has 0 saturated carbocycles. The van der Waals surface area contributed by atoms with Gasteiger partial charge in [-0.3, -0.25) is 4.79 Å². The Morgan fingerprint density at radius 1 is 1.17 bits per heavy atom. The van der Waals surface area contributed by atoms with E-state index in [1.54, 1.807) is 23.7 Å². The van der Waals surface area contributed by atoms with Gasteiger partial charge >= 0.3 is 8.72 Å². The van der Waals surface area contributed by atoms with E-state index in [4.69, 9.17) is 8.85 Å². The zero-order valence-corrected chi connectivity index (χ0v) is 12.5. The summed E-state index contributed by atoms with van der Waals surface area (Å²) in [5.74, 6) is -0.0633. The molecule has 0 aromatic heterocycles. The predicted molar refractivity (Wildman–Crippen MR) is 73.4 cm³/mol. The molecule has 0 unspecified atom stereocenters. The van der Waals surface area contributed by atoms with E-state index >= 15 is 0 Å². The van der Waals surface area contributed by atoms with Crippen molar-refractivity contribution in [3.05, 3.63) is 35.9 Å². The van der Waals surface area contributed by atoms with Gasteiger partial charge in [-0.2, -0.15) is 0 Å². The highest BCUT2D eigenvalue weighted by atomic mass is 28.4. The van der Waals surface area contributed by atoms with Gasteiger partial charge in [0.1, 0.15) is 0 Å². The molecular formula is C13H21NO3Si. The van der Waals surface area contributed by atoms with Crippen LogP contribution >= 0.6 is 0 Å². The zero-order valence-electron chi connectivity index (χ0n) is 11.5. The first-order valence-electron chi connectivity index (χ1n) is 6.16. The van der Waals surface area contributed by atoms with Crippen LogP contribution in [0.5, 0.6) is 0 Å². The highest BCUT2D eigenvalue weighted by Crippen LogP contribution is 2.15. The second-order valence-corrected chi connectivity index (χ2v) is 7.04. The van der Waals surface area contributed by atoms with Crippen LogP contribution in [0.2, 0.25) is 6.55 Å². The molecular weight excluding hydrogens is 246 g/mol. The molecule has 1 rings (SSSR count). The molecule has 0 spiro atoms. The fraction of sp³-hybridized carbons (Fsp3) is 0.462. The van der Waals surface area contributed by atoms with Gasteiger partial charge in [-0.1, -0.05) is 18.2 Å². The lowest BCUT2D eigenvalue weighted by Crippen LogP contribution is -2.56. The van der Waals surface area contributed by atoms with E-state index in [0.717, 1.165) is 0 Å². The fourth-order valence-electron chi connectivity index (χ4n) is 1.73. The second-order valence-electron chi connectivity index (χ2n) is 3.99. The third-order valence-corrected chi connectivity index (χ3v) is 5.83. The molecule has 0 radical (unpaired) electrons. The number of carbonyl (C=O) groups is 1. The van der Waals surface area contributed by atoms with Gasteiger partial charge in [0.15, 0.2) is 0 Å². The zero-order chi connectivity index (χ0) is 13.6. The van der Waals surface area contributed by atoms with E-state index in [0.29, 0.717) is 18.8 Å². The molecule has 0 aliphatic rings. The van der Waals surface area contributed by atoms with Crippen LogP contribution in [0.4, 0.5) is 0 Å². The Morgan fingerprint density at radius 3 is 2.11 bits per heavy atom. The predicted octanol–water partition coefficient (Wildman–Crippen LogP) is 2.40. The van der Waals surface area contributed by atoms with E-state index in [1.807, 2.05) is 38.6 Å². The van der Waals surface area contributed by atoms with Crippen LogP contribution < -0.4 is 0 Å². The first-order chi connectivity index (χ1) is 8.55. The van der Waals surface area contributed by atoms with Gasteiger partial charge in [-0.15, -0.1) is 0 Å². The largest absolute Gasteiger partial charge is 0.458 e. The molecule has 1 aromatic carbocycles. The summed E-state index contributed by atoms with van der Waals surface area (Å²) in [6, 6.07) is 9.18. The lowest BCUT2D eigenvalue weighted by Gasteiger charge is -2.34. The smallest absolute Gasteiger partial charge is 0.379 e. The molecule has 18 heavy (non-hydrogen) atoms. The van der Waals surface area contributed by atoms with Crippen LogP contribution in [0, 0.1) is 0 Å². The van der Waals surface area contributed by atoms with Gasteiger partial charge in [0.05, 0.1) is 0 Å². The van der Waals surface area contributed by atoms with Crippen molar-refractivity contribution in [2.75, 3.05) is 20.3 Å². The van der Waals surface area contributed by atoms with E-state index in [1.165, 1.54) is 0 Å². The molecule has 1 aromatic rings. The summed E-state index contributed by atoms with van der Waals surface area (Å²) in [6.45, 7) is 6.78. The summed E-state index contributed by atoms with van der Waals surface area (Å²) in [4.78, 5) is 12.3. The minimum Gasteiger partial charge on any atom is -0.379 e. The van der Waals surface area contributed by atoms with Crippen molar-refractivity contribution in [1.82, 2.24) is 4.57 Å². The molecule has 5 heteroatoms. The van der Waals surface area contributed by atoms with Crippen LogP contribution in [-0.4, -0.2) is 39.5 Å². The highest BCUT2D eigenvalue weighted by Gasteiger charge is 2.40. The normalized spacial score (nSPS) is 11.3. The topological polar surface area (TPSA) is 38.8 Å². The molecule has 1 amide bonds. The molecule has 0 heterocycles. The number of nitrogens with zero attached hydrogens (tertiary/aromatic N) is 1. The Hall–Kier alpha value is -1.17. The van der Waals surface area contributed by atoms with Crippen LogP contribution in [-0.2, 0) is 8.85 Å². The third-order valence-electron chi connectivity index (χ3n) is 2.76. The maximum atomic E-state index is 12.3. The Balaban J connectivity index is 2.89. The van der Waals surface area contributed by atoms with Gasteiger partial charge in [0.25, 0.3) is 0 Å². The molecule has 0 aliphatic heterocycles. The van der Waals surface area contributed by atoms with Crippen molar-refractivity contribution in [2.45, 2.75) is 20.4 Å². The van der Waals surface area contributed by atoms with Gasteiger partial charge in [0, 0.05) is 25.8 Å². The lowest BCUT2D eigenvalue weighted by atomic mass is 10.2. The summed E-state index contributed by atoms with van der Waals surface area (Å²) in [5, 5.41) is 0. The standard InChI is InChI=1S/C13H21NO3Si/c1-5-16-18(4,17-6-2)14(3)13(15)12-10-8-7-9-11-12/h7-11H,5-6H2,1-4H3. The second kappa shape index (κ2) is 6.68. The number of carbonyl (C=O) groups excluding carboxylic acids is 1. The Morgan fingerprint density at radius 2 is 1.67 bits per heavy atom. The highest BCUT2D eigenvalue weighted by molar-refractivity contribution is 6.66. The molecule has 100 valence electrons. The molecule has 0 bridgehead atoms. The van der Waals surface area contributed by atoms with Crippen molar-refractivity contribution in [2.24, 2.45) is 0 Å². The Bertz CT molecular complexity index is 377. The SMILES string of the molecule is CCO[Si](C)(OCC)N(C)C(=O)c1ccccc1.